The van der Waals surface area contributed by atoms with Gasteiger partial charge in [-0.1, -0.05) is 99.0 Å². The minimum Gasteiger partial charge on any atom is -0.492 e. The molecule has 0 atom stereocenters. The molecule has 1 aromatic carbocycles. The van der Waals surface area contributed by atoms with E-state index in [1.165, 1.54) is 38.5 Å². The molecule has 31 heavy (non-hydrogen) atoms. The van der Waals surface area contributed by atoms with Crippen LogP contribution in [0, 0.1) is 5.92 Å². The lowest BCUT2D eigenvalue weighted by Crippen LogP contribution is -2.28. The lowest BCUT2D eigenvalue weighted by molar-refractivity contribution is 0.296. The van der Waals surface area contributed by atoms with Crippen LogP contribution in [0.15, 0.2) is 23.1 Å². The number of sulfonamides is 1. The molecule has 0 amide bonds. The highest BCUT2D eigenvalue weighted by molar-refractivity contribution is 7.89. The summed E-state index contributed by atoms with van der Waals surface area (Å²) < 4.78 is 35.0. The molecule has 0 bridgehead atoms. The Balaban J connectivity index is 2.99. The van der Waals surface area contributed by atoms with E-state index < -0.39 is 10.0 Å². The summed E-state index contributed by atoms with van der Waals surface area (Å²) in [4.78, 5) is 0.278. The molecule has 0 fully saturated rings. The summed E-state index contributed by atoms with van der Waals surface area (Å²) in [5, 5.41) is 0. The third-order valence-electron chi connectivity index (χ3n) is 5.86. The summed E-state index contributed by atoms with van der Waals surface area (Å²) in [6.45, 7) is 13.8. The molecule has 1 aromatic rings. The topological polar surface area (TPSA) is 55.4 Å². The third kappa shape index (κ3) is 10.4. The maximum Gasteiger partial charge on any atom is 0.244 e. The molecule has 1 N–H and O–H groups in total. The van der Waals surface area contributed by atoms with Gasteiger partial charge in [0.15, 0.2) is 0 Å². The molecule has 180 valence electrons. The summed E-state index contributed by atoms with van der Waals surface area (Å²) in [5.74, 6) is 0.717. The fraction of sp³-hybridized carbons (Fsp3) is 0.769. The minimum atomic E-state index is -3.62. The van der Waals surface area contributed by atoms with Crippen molar-refractivity contribution in [3.05, 3.63) is 23.8 Å². The Morgan fingerprint density at radius 3 is 2.19 bits per heavy atom. The molecule has 0 aliphatic rings. The smallest absolute Gasteiger partial charge is 0.244 e. The summed E-state index contributed by atoms with van der Waals surface area (Å²) in [7, 11) is -3.62. The van der Waals surface area contributed by atoms with Crippen molar-refractivity contribution in [1.82, 2.24) is 4.72 Å². The largest absolute Gasteiger partial charge is 0.492 e. The van der Waals surface area contributed by atoms with Crippen molar-refractivity contribution >= 4 is 10.0 Å². The van der Waals surface area contributed by atoms with Gasteiger partial charge in [-0.25, -0.2) is 13.1 Å². The lowest BCUT2D eigenvalue weighted by atomic mass is 9.80. The lowest BCUT2D eigenvalue weighted by Gasteiger charge is -2.26. The second-order valence-corrected chi connectivity index (χ2v) is 11.6. The van der Waals surface area contributed by atoms with Gasteiger partial charge in [-0.2, -0.15) is 0 Å². The van der Waals surface area contributed by atoms with E-state index in [0.717, 1.165) is 31.2 Å². The maximum atomic E-state index is 13.1. The van der Waals surface area contributed by atoms with E-state index in [0.29, 0.717) is 18.9 Å². The fourth-order valence-electron chi connectivity index (χ4n) is 3.64. The van der Waals surface area contributed by atoms with Crippen LogP contribution in [0.2, 0.25) is 0 Å². The molecule has 0 saturated carbocycles. The highest BCUT2D eigenvalue weighted by Gasteiger charge is 2.26. The summed E-state index contributed by atoms with van der Waals surface area (Å²) >= 11 is 0. The van der Waals surface area contributed by atoms with Gasteiger partial charge in [-0.15, -0.1) is 0 Å². The SMILES string of the molecule is CCCCCCCCOc1ccc(C(C)(C)CCCCC)cc1S(=O)(=O)NCC(C)C. The molecule has 0 heterocycles. The quantitative estimate of drug-likeness (QED) is 0.253. The van der Waals surface area contributed by atoms with Crippen molar-refractivity contribution in [1.29, 1.82) is 0 Å². The number of unbranched alkanes of at least 4 members (excludes halogenated alkanes) is 7. The predicted molar refractivity (Wildman–Crippen MR) is 133 cm³/mol. The Bertz CT molecular complexity index is 726. The third-order valence-corrected chi connectivity index (χ3v) is 7.30. The summed E-state index contributed by atoms with van der Waals surface area (Å²) in [6, 6.07) is 5.74. The van der Waals surface area contributed by atoms with Crippen molar-refractivity contribution in [3.63, 3.8) is 0 Å². The van der Waals surface area contributed by atoms with Crippen LogP contribution in [0.4, 0.5) is 0 Å². The molecule has 0 saturated heterocycles. The van der Waals surface area contributed by atoms with Gasteiger partial charge in [0.2, 0.25) is 10.0 Å². The molecule has 0 radical (unpaired) electrons. The van der Waals surface area contributed by atoms with Gasteiger partial charge >= 0.3 is 0 Å². The predicted octanol–water partition coefficient (Wildman–Crippen LogP) is 7.22. The summed E-state index contributed by atoms with van der Waals surface area (Å²) in [6.07, 6.45) is 11.6. The summed E-state index contributed by atoms with van der Waals surface area (Å²) in [5.41, 5.74) is 0.982. The van der Waals surface area contributed by atoms with Gasteiger partial charge in [0.25, 0.3) is 0 Å². The first kappa shape index (κ1) is 28.0. The van der Waals surface area contributed by atoms with Crippen molar-refractivity contribution < 1.29 is 13.2 Å². The van der Waals surface area contributed by atoms with Crippen molar-refractivity contribution in [3.8, 4) is 5.75 Å². The molecule has 0 aliphatic carbocycles. The molecule has 0 aromatic heterocycles. The monoisotopic (exact) mass is 453 g/mol. The van der Waals surface area contributed by atoms with Gasteiger partial charge in [0.1, 0.15) is 10.6 Å². The molecular weight excluding hydrogens is 406 g/mol. The van der Waals surface area contributed by atoms with Crippen LogP contribution in [0.5, 0.6) is 5.75 Å². The highest BCUT2D eigenvalue weighted by atomic mass is 32.2. The Morgan fingerprint density at radius 1 is 0.935 bits per heavy atom. The van der Waals surface area contributed by atoms with Gasteiger partial charge in [0.05, 0.1) is 6.61 Å². The molecule has 0 unspecified atom stereocenters. The maximum absolute atomic E-state index is 13.1. The van der Waals surface area contributed by atoms with Crippen LogP contribution in [0.1, 0.15) is 111 Å². The highest BCUT2D eigenvalue weighted by Crippen LogP contribution is 2.34. The van der Waals surface area contributed by atoms with Crippen molar-refractivity contribution in [2.45, 2.75) is 116 Å². The Kier molecular flexibility index (Phi) is 12.8. The van der Waals surface area contributed by atoms with Crippen LogP contribution in [-0.4, -0.2) is 21.6 Å². The Morgan fingerprint density at radius 2 is 1.55 bits per heavy atom. The second kappa shape index (κ2) is 14.2. The molecule has 4 nitrogen and oxygen atoms in total. The first-order chi connectivity index (χ1) is 14.6. The zero-order valence-electron chi connectivity index (χ0n) is 20.9. The molecule has 0 aliphatic heterocycles. The molecule has 0 spiro atoms. The van der Waals surface area contributed by atoms with E-state index in [4.69, 9.17) is 4.74 Å². The van der Waals surface area contributed by atoms with E-state index >= 15 is 0 Å². The Labute approximate surface area is 192 Å². The number of hydrogen-bond acceptors (Lipinski definition) is 3. The van der Waals surface area contributed by atoms with E-state index in [1.807, 2.05) is 32.0 Å². The zero-order chi connectivity index (χ0) is 23.3. The normalized spacial score (nSPS) is 12.5. The Hall–Kier alpha value is -1.07. The number of ether oxygens (including phenoxy) is 1. The average molecular weight is 454 g/mol. The minimum absolute atomic E-state index is 0.0741. The number of nitrogens with one attached hydrogen (secondary N) is 1. The van der Waals surface area contributed by atoms with Gasteiger partial charge in [0, 0.05) is 6.54 Å². The molecular formula is C26H47NO3S. The van der Waals surface area contributed by atoms with Crippen LogP contribution in [0.3, 0.4) is 0 Å². The molecule has 5 heteroatoms. The van der Waals surface area contributed by atoms with Gasteiger partial charge in [-0.05, 0) is 41.9 Å². The van der Waals surface area contributed by atoms with Crippen LogP contribution >= 0.6 is 0 Å². The van der Waals surface area contributed by atoms with Gasteiger partial charge in [-0.3, -0.25) is 0 Å². The van der Waals surface area contributed by atoms with E-state index in [-0.39, 0.29) is 16.2 Å². The van der Waals surface area contributed by atoms with Crippen LogP contribution < -0.4 is 9.46 Å². The second-order valence-electron chi connectivity index (χ2n) is 9.86. The van der Waals surface area contributed by atoms with Gasteiger partial charge < -0.3 is 4.74 Å². The standard InChI is InChI=1S/C26H47NO3S/c1-7-9-11-12-13-15-19-30-24-17-16-23(26(5,6)18-14-10-8-2)20-25(24)31(28,29)27-21-22(3)4/h16-17,20,22,27H,7-15,18-19,21H2,1-6H3. The van der Waals surface area contributed by atoms with Crippen molar-refractivity contribution in [2.75, 3.05) is 13.2 Å². The number of hydrogen-bond donors (Lipinski definition) is 1. The number of rotatable bonds is 17. The average Bonchev–Trinajstić information content (AvgIpc) is 2.71. The van der Waals surface area contributed by atoms with E-state index in [2.05, 4.69) is 32.4 Å². The molecule has 1 rings (SSSR count). The van der Waals surface area contributed by atoms with E-state index in [1.54, 1.807) is 0 Å². The van der Waals surface area contributed by atoms with Crippen LogP contribution in [0.25, 0.3) is 0 Å². The number of benzene rings is 1. The fourth-order valence-corrected chi connectivity index (χ4v) is 5.02. The first-order valence-electron chi connectivity index (χ1n) is 12.4. The van der Waals surface area contributed by atoms with E-state index in [9.17, 15) is 8.42 Å². The van der Waals surface area contributed by atoms with Crippen LogP contribution in [-0.2, 0) is 15.4 Å². The first-order valence-corrected chi connectivity index (χ1v) is 13.9. The van der Waals surface area contributed by atoms with Crippen molar-refractivity contribution in [2.24, 2.45) is 5.92 Å². The zero-order valence-corrected chi connectivity index (χ0v) is 21.7.